The van der Waals surface area contributed by atoms with E-state index in [1.54, 1.807) is 25.0 Å². The summed E-state index contributed by atoms with van der Waals surface area (Å²) in [4.78, 5) is 81.7. The lowest BCUT2D eigenvalue weighted by atomic mass is 9.88. The molecule has 0 fully saturated rings. The van der Waals surface area contributed by atoms with Crippen molar-refractivity contribution < 1.29 is 0 Å². The number of pyridine rings is 2. The molecule has 0 spiro atoms. The number of fused-ring (bicyclic) bond motifs is 8. The van der Waals surface area contributed by atoms with E-state index in [0.29, 0.717) is 0 Å². The SMILES string of the molecule is CCc1nc(C(C)(C)C)c2ccc(C)cc2n1.CCc1nc(C(C)(C)C)c2ccccc2n1.Cc1cc2nc(/C=C/c3cccnc3)nc(C(C)(C)C)c2cc1C.Cc1cc2ncnc(C(C)(C)C)c2cc1C.Cc1ccc2c(C(C)(C)C)nc(/C=C/c3cccnc3)nc2c1.Cc1ccc2c(C(C)(C)C)nc(C)nc2c1.Cc1ccc2c(C(C)(C)C)ncnc2c1.Cc1nc(C(C)(C)C)c2cc(C)c(C)cc2n1. The molecule has 0 amide bonds. The number of benzene rings is 8. The largest absolute Gasteiger partial charge is 0.264 e. The second kappa shape index (κ2) is 45.5. The highest BCUT2D eigenvalue weighted by Crippen LogP contribution is 2.38. The second-order valence-electron chi connectivity index (χ2n) is 46.4. The van der Waals surface area contributed by atoms with E-state index in [0.717, 1.165) is 165 Å². The van der Waals surface area contributed by atoms with E-state index in [1.807, 2.05) is 86.9 Å². The molecule has 0 saturated carbocycles. The Morgan fingerprint density at radius 2 is 0.486 bits per heavy atom. The van der Waals surface area contributed by atoms with Crippen molar-refractivity contribution in [1.82, 2.24) is 89.7 Å². The molecule has 0 N–H and O–H groups in total. The van der Waals surface area contributed by atoms with E-state index in [2.05, 4.69) is 435 Å². The van der Waals surface area contributed by atoms with Crippen molar-refractivity contribution in [1.29, 1.82) is 0 Å². The third-order valence-corrected chi connectivity index (χ3v) is 24.7. The van der Waals surface area contributed by atoms with Crippen molar-refractivity contribution in [3.05, 3.63) is 342 Å². The highest BCUT2D eigenvalue weighted by Gasteiger charge is 2.28. The van der Waals surface area contributed by atoms with Gasteiger partial charge in [-0.25, -0.2) is 79.7 Å². The summed E-state index contributed by atoms with van der Waals surface area (Å²) in [5.41, 5.74) is 32.3. The number of aryl methyl sites for hydroxylation is 14. The Hall–Kier alpha value is -13.7. The van der Waals surface area contributed by atoms with Crippen LogP contribution in [0.3, 0.4) is 0 Å². The van der Waals surface area contributed by atoms with Crippen LogP contribution in [0.4, 0.5) is 0 Å². The van der Waals surface area contributed by atoms with Gasteiger partial charge in [0.15, 0.2) is 11.6 Å². The normalized spacial score (nSPS) is 12.1. The fourth-order valence-electron chi connectivity index (χ4n) is 16.8. The minimum atomic E-state index is -0.0419. The Balaban J connectivity index is 0.000000158. The minimum Gasteiger partial charge on any atom is -0.264 e. The predicted molar refractivity (Wildman–Crippen MR) is 608 cm³/mol. The lowest BCUT2D eigenvalue weighted by molar-refractivity contribution is 0.570. The molecule has 144 heavy (non-hydrogen) atoms. The first kappa shape index (κ1) is 111. The number of aromatic nitrogens is 18. The van der Waals surface area contributed by atoms with Gasteiger partial charge in [-0.2, -0.15) is 0 Å². The van der Waals surface area contributed by atoms with Crippen LogP contribution in [-0.2, 0) is 56.2 Å². The second-order valence-corrected chi connectivity index (χ2v) is 46.4. The van der Waals surface area contributed by atoms with Crippen LogP contribution in [0, 0.1) is 83.1 Å². The number of hydrogen-bond donors (Lipinski definition) is 0. The third-order valence-electron chi connectivity index (χ3n) is 24.7. The molecule has 0 radical (unpaired) electrons. The fourth-order valence-corrected chi connectivity index (χ4v) is 16.8. The average Bonchev–Trinajstić information content (AvgIpc) is 0.753. The molecule has 0 aliphatic rings. The number of nitrogens with zero attached hydrogens (tertiary/aromatic N) is 18. The summed E-state index contributed by atoms with van der Waals surface area (Å²) in [6.45, 7) is 81.8. The van der Waals surface area contributed by atoms with Gasteiger partial charge in [-0.3, -0.25) is 9.97 Å². The third kappa shape index (κ3) is 29.1. The van der Waals surface area contributed by atoms with E-state index in [4.69, 9.17) is 24.9 Å². The molecule has 0 aliphatic heterocycles. The van der Waals surface area contributed by atoms with Gasteiger partial charge in [0.25, 0.3) is 0 Å². The first-order chi connectivity index (χ1) is 67.2. The minimum absolute atomic E-state index is 0.0344. The summed E-state index contributed by atoms with van der Waals surface area (Å²) in [7, 11) is 0. The van der Waals surface area contributed by atoms with E-state index < -0.39 is 0 Å². The molecule has 0 unspecified atom stereocenters. The Morgan fingerprint density at radius 3 is 0.854 bits per heavy atom. The lowest BCUT2D eigenvalue weighted by Gasteiger charge is -2.21. The lowest BCUT2D eigenvalue weighted by Crippen LogP contribution is -2.16. The van der Waals surface area contributed by atoms with Crippen molar-refractivity contribution >= 4 is 112 Å². The molecule has 748 valence electrons. The molecular formula is C126H154N18. The summed E-state index contributed by atoms with van der Waals surface area (Å²) in [5.74, 6) is 5.04. The maximum atomic E-state index is 4.84. The van der Waals surface area contributed by atoms with Crippen molar-refractivity contribution in [2.45, 2.75) is 319 Å². The van der Waals surface area contributed by atoms with Gasteiger partial charge in [0, 0.05) is 124 Å². The van der Waals surface area contributed by atoms with Gasteiger partial charge in [-0.1, -0.05) is 259 Å². The van der Waals surface area contributed by atoms with Crippen LogP contribution >= 0.6 is 0 Å². The van der Waals surface area contributed by atoms with Crippen molar-refractivity contribution in [2.24, 2.45) is 0 Å². The van der Waals surface area contributed by atoms with E-state index in [-0.39, 0.29) is 43.3 Å². The van der Waals surface area contributed by atoms with Crippen LogP contribution in [0.5, 0.6) is 0 Å². The van der Waals surface area contributed by atoms with E-state index >= 15 is 0 Å². The van der Waals surface area contributed by atoms with Crippen LogP contribution in [0.25, 0.3) is 112 Å². The molecule has 18 heteroatoms. The zero-order chi connectivity index (χ0) is 106. The molecule has 18 rings (SSSR count). The van der Waals surface area contributed by atoms with Crippen molar-refractivity contribution in [3.63, 3.8) is 0 Å². The topological polar surface area (TPSA) is 232 Å². The summed E-state index contributed by atoms with van der Waals surface area (Å²) >= 11 is 0. The maximum Gasteiger partial charge on any atom is 0.152 e. The van der Waals surface area contributed by atoms with Crippen LogP contribution < -0.4 is 0 Å². The molecule has 10 heterocycles. The highest BCUT2D eigenvalue weighted by atomic mass is 14.9. The van der Waals surface area contributed by atoms with Crippen molar-refractivity contribution in [2.75, 3.05) is 0 Å². The van der Waals surface area contributed by atoms with Crippen LogP contribution in [-0.4, -0.2) is 89.7 Å². The van der Waals surface area contributed by atoms with Gasteiger partial charge >= 0.3 is 0 Å². The Morgan fingerprint density at radius 1 is 0.215 bits per heavy atom. The average molecular weight is 1920 g/mol. The molecule has 10 aromatic heterocycles. The zero-order valence-corrected chi connectivity index (χ0v) is 93.2. The van der Waals surface area contributed by atoms with Gasteiger partial charge in [0.05, 0.1) is 89.7 Å². The molecule has 18 aromatic rings. The first-order valence-electron chi connectivity index (χ1n) is 50.5. The molecule has 0 aliphatic carbocycles. The first-order valence-corrected chi connectivity index (χ1v) is 50.5. The Labute approximate surface area is 857 Å². The van der Waals surface area contributed by atoms with Gasteiger partial charge in [0.2, 0.25) is 0 Å². The maximum absolute atomic E-state index is 4.84. The van der Waals surface area contributed by atoms with Crippen LogP contribution in [0.1, 0.15) is 327 Å². The quantitative estimate of drug-likeness (QED) is 0.151. The molecule has 8 aromatic carbocycles. The van der Waals surface area contributed by atoms with Crippen molar-refractivity contribution in [3.8, 4) is 0 Å². The van der Waals surface area contributed by atoms with Crippen LogP contribution in [0.15, 0.2) is 195 Å². The molecule has 18 nitrogen and oxygen atoms in total. The Bertz CT molecular complexity index is 7670. The molecular weight excluding hydrogens is 1770 g/mol. The standard InChI is InChI=1S/C21H23N3.C20H21N3.2C15H20N2.3C14H18N2.C13H16N2/c1-14-11-17-18(12-15(14)2)23-19(24-20(17)21(3,4)5)9-8-16-7-6-10-22-13-16;1-14-7-9-16-17(12-14)22-18(23-19(16)20(2,3)4)10-8-15-6-5-11-21-13-15;1-9-7-12-13(8-10(9)2)16-11(3)17-14(12)15(4,5)6;1-6-13-16-12-9-10(2)7-8-11(12)14(17-13)15(3,4)5;1-9-6-11-12(7-10(9)2)15-8-16-13(11)14(3,4)5;1-9-6-7-11-12(8-9)15-10(2)16-13(11)14(3,4)5;1-5-12-15-11-9-7-6-8-10(11)13(16-12)14(2,3)4;1-9-5-6-10-11(7-9)14-8-15-12(10)13(2,3)4/h6-13H,1-5H3;5-13H,1-4H3;7-8H,1-6H3;7-9H,6H2,1-5H3;2*6-8H,1-5H3;6-9H,5H2,1-4H3;5-8H,1-4H3/b9-8+;10-8+;;;;;;. The zero-order valence-electron chi connectivity index (χ0n) is 93.2. The van der Waals surface area contributed by atoms with Gasteiger partial charge < -0.3 is 0 Å². The molecule has 0 saturated heterocycles. The summed E-state index contributed by atoms with van der Waals surface area (Å²) < 4.78 is 0. The summed E-state index contributed by atoms with van der Waals surface area (Å²) in [6.07, 6.45) is 20.2. The van der Waals surface area contributed by atoms with E-state index in [9.17, 15) is 0 Å². The molecule has 0 atom stereocenters. The molecule has 0 bridgehead atoms. The number of rotatable bonds is 6. The number of para-hydroxylation sites is 1. The van der Waals surface area contributed by atoms with Gasteiger partial charge in [-0.15, -0.1) is 0 Å². The monoisotopic (exact) mass is 1920 g/mol. The predicted octanol–water partition coefficient (Wildman–Crippen LogP) is 31.4. The van der Waals surface area contributed by atoms with E-state index in [1.165, 1.54) is 82.6 Å². The fraction of sp³-hybridized carbons (Fsp3) is 0.381. The number of hydrogen-bond acceptors (Lipinski definition) is 18. The van der Waals surface area contributed by atoms with Crippen LogP contribution in [0.2, 0.25) is 0 Å². The summed E-state index contributed by atoms with van der Waals surface area (Å²) in [5, 5.41) is 9.32. The van der Waals surface area contributed by atoms with Gasteiger partial charge in [-0.05, 0) is 253 Å². The smallest absolute Gasteiger partial charge is 0.152 e. The highest BCUT2D eigenvalue weighted by molar-refractivity contribution is 5.90. The van der Waals surface area contributed by atoms with Gasteiger partial charge in [0.1, 0.15) is 36.0 Å². The summed E-state index contributed by atoms with van der Waals surface area (Å²) in [6, 6.07) is 54.7. The Kier molecular flexibility index (Phi) is 34.9.